The number of anilines is 2. The Labute approximate surface area is 231 Å². The lowest BCUT2D eigenvalue weighted by atomic mass is 9.98. The Bertz CT molecular complexity index is 1140. The SMILES string of the molecule is C=CN1CCC(C(C)(F)F)C1.CCCCCNc1cc(-c2cc(NC)c(F)cc2C)cc(/C(C=NC)=C/N)n1. The second kappa shape index (κ2) is 15.2. The van der Waals surface area contributed by atoms with E-state index in [1.807, 2.05) is 30.0 Å². The van der Waals surface area contributed by atoms with Gasteiger partial charge in [-0.15, -0.1) is 0 Å². The topological polar surface area (TPSA) is 78.6 Å². The van der Waals surface area contributed by atoms with Crippen LogP contribution in [0.15, 0.2) is 48.2 Å². The summed E-state index contributed by atoms with van der Waals surface area (Å²) in [6.45, 7) is 10.6. The molecule has 1 aliphatic heterocycles. The Morgan fingerprint density at radius 1 is 1.28 bits per heavy atom. The Balaban J connectivity index is 0.000000404. The van der Waals surface area contributed by atoms with Gasteiger partial charge in [-0.3, -0.25) is 4.99 Å². The van der Waals surface area contributed by atoms with Crippen LogP contribution in [0, 0.1) is 18.7 Å². The number of allylic oxidation sites excluding steroid dienone is 1. The average Bonchev–Trinajstić information content (AvgIpc) is 3.40. The molecule has 0 aliphatic carbocycles. The number of benzene rings is 1. The summed E-state index contributed by atoms with van der Waals surface area (Å²) in [7, 11) is 3.41. The molecule has 4 N–H and O–H groups in total. The van der Waals surface area contributed by atoms with Crippen molar-refractivity contribution in [3.8, 4) is 11.1 Å². The number of aromatic nitrogens is 1. The summed E-state index contributed by atoms with van der Waals surface area (Å²) in [5.41, 5.74) is 10.4. The monoisotopic (exact) mass is 544 g/mol. The molecule has 0 radical (unpaired) electrons. The summed E-state index contributed by atoms with van der Waals surface area (Å²) < 4.78 is 39.4. The number of aryl methyl sites for hydroxylation is 1. The van der Waals surface area contributed by atoms with Crippen LogP contribution >= 0.6 is 0 Å². The molecule has 1 unspecified atom stereocenters. The first-order chi connectivity index (χ1) is 18.6. The molecule has 0 saturated carbocycles. The minimum Gasteiger partial charge on any atom is -0.404 e. The first-order valence-electron chi connectivity index (χ1n) is 13.4. The molecule has 1 aromatic heterocycles. The number of halogens is 3. The zero-order valence-corrected chi connectivity index (χ0v) is 23.8. The van der Waals surface area contributed by atoms with Gasteiger partial charge in [0.05, 0.1) is 11.4 Å². The molecule has 1 saturated heterocycles. The summed E-state index contributed by atoms with van der Waals surface area (Å²) in [5, 5.41) is 6.30. The third kappa shape index (κ3) is 9.33. The van der Waals surface area contributed by atoms with Crippen LogP contribution in [0.25, 0.3) is 16.7 Å². The van der Waals surface area contributed by atoms with Gasteiger partial charge in [0.25, 0.3) is 0 Å². The molecule has 1 atom stereocenters. The summed E-state index contributed by atoms with van der Waals surface area (Å²) in [6.07, 6.45) is 8.79. The van der Waals surface area contributed by atoms with E-state index in [2.05, 4.69) is 29.1 Å². The maximum absolute atomic E-state index is 14.1. The van der Waals surface area contributed by atoms with E-state index in [1.54, 1.807) is 32.6 Å². The highest BCUT2D eigenvalue weighted by atomic mass is 19.3. The van der Waals surface area contributed by atoms with Crippen LogP contribution in [-0.2, 0) is 0 Å². The molecule has 1 aliphatic rings. The largest absolute Gasteiger partial charge is 0.404 e. The van der Waals surface area contributed by atoms with Crippen molar-refractivity contribution in [3.63, 3.8) is 0 Å². The van der Waals surface area contributed by atoms with Crippen molar-refractivity contribution in [1.29, 1.82) is 0 Å². The molecular weight excluding hydrogens is 501 g/mol. The fourth-order valence-corrected chi connectivity index (χ4v) is 4.39. The molecule has 214 valence electrons. The fraction of sp³-hybridized carbons (Fsp3) is 0.467. The lowest BCUT2D eigenvalue weighted by Crippen LogP contribution is -2.26. The smallest absolute Gasteiger partial charge is 0.249 e. The average molecular weight is 545 g/mol. The zero-order valence-electron chi connectivity index (χ0n) is 23.8. The Morgan fingerprint density at radius 3 is 2.56 bits per heavy atom. The first-order valence-corrected chi connectivity index (χ1v) is 13.4. The Hall–Kier alpha value is -3.49. The molecule has 1 aromatic carbocycles. The highest BCUT2D eigenvalue weighted by molar-refractivity contribution is 6.09. The number of alkyl halides is 2. The van der Waals surface area contributed by atoms with Crippen LogP contribution < -0.4 is 16.4 Å². The molecule has 1 fully saturated rings. The van der Waals surface area contributed by atoms with E-state index in [1.165, 1.54) is 12.6 Å². The number of pyridine rings is 1. The lowest BCUT2D eigenvalue weighted by molar-refractivity contribution is -0.0339. The summed E-state index contributed by atoms with van der Waals surface area (Å²) in [5.74, 6) is -2.52. The van der Waals surface area contributed by atoms with Crippen molar-refractivity contribution in [2.24, 2.45) is 16.6 Å². The second-order valence-electron chi connectivity index (χ2n) is 9.79. The first kappa shape index (κ1) is 31.7. The normalized spacial score (nSPS) is 15.7. The van der Waals surface area contributed by atoms with Gasteiger partial charge >= 0.3 is 0 Å². The van der Waals surface area contributed by atoms with Crippen molar-refractivity contribution in [2.45, 2.75) is 52.4 Å². The molecule has 2 heterocycles. The molecular formula is C30H43F3N6. The summed E-state index contributed by atoms with van der Waals surface area (Å²) in [6, 6.07) is 7.32. The van der Waals surface area contributed by atoms with Gasteiger partial charge in [0.15, 0.2) is 0 Å². The highest BCUT2D eigenvalue weighted by Gasteiger charge is 2.38. The van der Waals surface area contributed by atoms with E-state index in [-0.39, 0.29) is 5.82 Å². The number of nitrogens with two attached hydrogens (primary N) is 1. The van der Waals surface area contributed by atoms with Crippen LogP contribution in [0.4, 0.5) is 24.7 Å². The Morgan fingerprint density at radius 2 is 2.03 bits per heavy atom. The maximum Gasteiger partial charge on any atom is 0.249 e. The Kier molecular flexibility index (Phi) is 12.4. The van der Waals surface area contributed by atoms with E-state index < -0.39 is 11.8 Å². The van der Waals surface area contributed by atoms with Gasteiger partial charge in [-0.1, -0.05) is 26.3 Å². The maximum atomic E-state index is 14.1. The van der Waals surface area contributed by atoms with Crippen molar-refractivity contribution < 1.29 is 13.2 Å². The van der Waals surface area contributed by atoms with E-state index in [0.717, 1.165) is 66.6 Å². The van der Waals surface area contributed by atoms with Gasteiger partial charge in [0, 0.05) is 57.6 Å². The molecule has 2 aromatic rings. The number of likely N-dealkylation sites (tertiary alicyclic amines) is 1. The fourth-order valence-electron chi connectivity index (χ4n) is 4.39. The highest BCUT2D eigenvalue weighted by Crippen LogP contribution is 2.32. The predicted molar refractivity (Wildman–Crippen MR) is 159 cm³/mol. The minimum atomic E-state index is -2.53. The van der Waals surface area contributed by atoms with Crippen LogP contribution in [0.5, 0.6) is 0 Å². The van der Waals surface area contributed by atoms with Crippen molar-refractivity contribution in [3.05, 3.63) is 60.3 Å². The molecule has 3 rings (SSSR count). The third-order valence-electron chi connectivity index (χ3n) is 6.74. The number of rotatable bonds is 11. The molecule has 9 heteroatoms. The number of nitrogens with one attached hydrogen (secondary N) is 2. The zero-order chi connectivity index (χ0) is 29.0. The van der Waals surface area contributed by atoms with Crippen LogP contribution in [0.2, 0.25) is 0 Å². The van der Waals surface area contributed by atoms with Crippen LogP contribution in [0.1, 0.15) is 50.8 Å². The van der Waals surface area contributed by atoms with Crippen molar-refractivity contribution >= 4 is 23.3 Å². The van der Waals surface area contributed by atoms with E-state index in [0.29, 0.717) is 18.7 Å². The summed E-state index contributed by atoms with van der Waals surface area (Å²) in [4.78, 5) is 10.6. The van der Waals surface area contributed by atoms with Gasteiger partial charge in [-0.25, -0.2) is 18.2 Å². The number of aliphatic imine (C=N–C) groups is 1. The third-order valence-corrected chi connectivity index (χ3v) is 6.74. The van der Waals surface area contributed by atoms with Crippen LogP contribution in [0.3, 0.4) is 0 Å². The van der Waals surface area contributed by atoms with Gasteiger partial charge in [-0.2, -0.15) is 0 Å². The van der Waals surface area contributed by atoms with Gasteiger partial charge in [-0.05, 0) is 73.8 Å². The molecule has 0 bridgehead atoms. The molecule has 0 spiro atoms. The summed E-state index contributed by atoms with van der Waals surface area (Å²) >= 11 is 0. The number of hydrogen-bond donors (Lipinski definition) is 3. The van der Waals surface area contributed by atoms with Gasteiger partial charge < -0.3 is 21.3 Å². The predicted octanol–water partition coefficient (Wildman–Crippen LogP) is 6.95. The van der Waals surface area contributed by atoms with Crippen molar-refractivity contribution in [2.75, 3.05) is 44.4 Å². The van der Waals surface area contributed by atoms with Crippen LogP contribution in [-0.4, -0.2) is 55.8 Å². The van der Waals surface area contributed by atoms with E-state index in [9.17, 15) is 13.2 Å². The standard InChI is InChI=1S/C22H30FN5.C8H13F2N/c1-5-6-7-8-27-22-11-16(10-20(28-22)17(13-24)14-25-3)18-12-21(26-4)19(23)9-15(18)2;1-3-11-5-4-7(6-11)8(2,9)10/h9-14,26H,5-8,24H2,1-4H3,(H,27,28);3,7H,1,4-6H2,2H3/b17-13+,25-14?;. The molecule has 39 heavy (non-hydrogen) atoms. The molecule has 6 nitrogen and oxygen atoms in total. The minimum absolute atomic E-state index is 0.267. The second-order valence-corrected chi connectivity index (χ2v) is 9.79. The molecule has 0 amide bonds. The van der Waals surface area contributed by atoms with Gasteiger partial charge in [0.1, 0.15) is 11.6 Å². The quantitative estimate of drug-likeness (QED) is 0.211. The number of hydrogen-bond acceptors (Lipinski definition) is 6. The van der Waals surface area contributed by atoms with Gasteiger partial charge in [0.2, 0.25) is 5.92 Å². The number of unbranched alkanes of at least 4 members (excludes halogenated alkanes) is 2. The lowest BCUT2D eigenvalue weighted by Gasteiger charge is -2.18. The van der Waals surface area contributed by atoms with Crippen molar-refractivity contribution in [1.82, 2.24) is 9.88 Å². The van der Waals surface area contributed by atoms with E-state index >= 15 is 0 Å². The number of nitrogens with zero attached hydrogens (tertiary/aromatic N) is 3. The van der Waals surface area contributed by atoms with E-state index in [4.69, 9.17) is 10.7 Å².